The number of amides is 2. The molecule has 1 atom stereocenters. The number of aliphatic hydroxyl groups excluding tert-OH is 1. The number of likely N-dealkylation sites (tertiary alicyclic amines) is 2. The number of nitrogens with zero attached hydrogens (tertiary/aromatic N) is 2. The van der Waals surface area contributed by atoms with Crippen LogP contribution in [0.3, 0.4) is 0 Å². The molecular weight excluding hydrogens is 414 g/mol. The molecule has 176 valence electrons. The largest absolute Gasteiger partial charge is 0.393 e. The maximum atomic E-state index is 12.8. The van der Waals surface area contributed by atoms with Crippen molar-refractivity contribution in [1.82, 2.24) is 15.1 Å². The summed E-state index contributed by atoms with van der Waals surface area (Å²) in [7, 11) is 0. The van der Waals surface area contributed by atoms with Gasteiger partial charge in [-0.15, -0.1) is 0 Å². The SMILES string of the molecule is Cc1ccc(C(=O)N2CCCC(C(=O)NCc3ccc(CN4CCC(O)CC4)cc3)C2)cc1. The lowest BCUT2D eigenvalue weighted by Crippen LogP contribution is -2.45. The third-order valence-corrected chi connectivity index (χ3v) is 6.83. The molecule has 33 heavy (non-hydrogen) atoms. The summed E-state index contributed by atoms with van der Waals surface area (Å²) in [6, 6.07) is 16.0. The van der Waals surface area contributed by atoms with Gasteiger partial charge in [0.05, 0.1) is 12.0 Å². The fourth-order valence-corrected chi connectivity index (χ4v) is 4.69. The highest BCUT2D eigenvalue weighted by molar-refractivity contribution is 5.94. The topological polar surface area (TPSA) is 72.9 Å². The third kappa shape index (κ3) is 6.42. The van der Waals surface area contributed by atoms with Gasteiger partial charge in [-0.2, -0.15) is 0 Å². The van der Waals surface area contributed by atoms with E-state index in [2.05, 4.69) is 34.5 Å². The number of piperidine rings is 2. The minimum absolute atomic E-state index is 0.00584. The zero-order chi connectivity index (χ0) is 23.2. The Labute approximate surface area is 196 Å². The van der Waals surface area contributed by atoms with Crippen LogP contribution in [0.4, 0.5) is 0 Å². The minimum atomic E-state index is -0.165. The number of aryl methyl sites for hydroxylation is 1. The molecule has 2 aliphatic rings. The lowest BCUT2D eigenvalue weighted by molar-refractivity contribution is -0.126. The van der Waals surface area contributed by atoms with Gasteiger partial charge in [-0.1, -0.05) is 42.0 Å². The van der Waals surface area contributed by atoms with E-state index in [1.165, 1.54) is 5.56 Å². The molecule has 2 N–H and O–H groups in total. The van der Waals surface area contributed by atoms with Crippen LogP contribution in [0.15, 0.2) is 48.5 Å². The predicted octanol–water partition coefficient (Wildman–Crippen LogP) is 3.12. The van der Waals surface area contributed by atoms with Crippen LogP contribution >= 0.6 is 0 Å². The van der Waals surface area contributed by atoms with Crippen molar-refractivity contribution in [3.63, 3.8) is 0 Å². The smallest absolute Gasteiger partial charge is 0.253 e. The summed E-state index contributed by atoms with van der Waals surface area (Å²) >= 11 is 0. The Bertz CT molecular complexity index is 934. The summed E-state index contributed by atoms with van der Waals surface area (Å²) < 4.78 is 0. The second-order valence-electron chi connectivity index (χ2n) is 9.50. The lowest BCUT2D eigenvalue weighted by atomic mass is 9.96. The maximum Gasteiger partial charge on any atom is 0.253 e. The zero-order valence-corrected chi connectivity index (χ0v) is 19.5. The van der Waals surface area contributed by atoms with Crippen molar-refractivity contribution in [1.29, 1.82) is 0 Å². The fraction of sp³-hybridized carbons (Fsp3) is 0.481. The Morgan fingerprint density at radius 2 is 1.61 bits per heavy atom. The minimum Gasteiger partial charge on any atom is -0.393 e. The van der Waals surface area contributed by atoms with Crippen molar-refractivity contribution in [3.05, 3.63) is 70.8 Å². The number of aliphatic hydroxyl groups is 1. The van der Waals surface area contributed by atoms with Gasteiger partial charge < -0.3 is 15.3 Å². The Kier molecular flexibility index (Phi) is 7.78. The maximum absolute atomic E-state index is 12.8. The van der Waals surface area contributed by atoms with E-state index >= 15 is 0 Å². The van der Waals surface area contributed by atoms with Crippen LogP contribution in [0.5, 0.6) is 0 Å². The molecule has 2 aromatic rings. The molecule has 0 saturated carbocycles. The van der Waals surface area contributed by atoms with E-state index in [9.17, 15) is 14.7 Å². The van der Waals surface area contributed by atoms with Gasteiger partial charge in [0.25, 0.3) is 5.91 Å². The molecule has 2 aromatic carbocycles. The Balaban J connectivity index is 1.25. The van der Waals surface area contributed by atoms with E-state index in [1.54, 1.807) is 0 Å². The first kappa shape index (κ1) is 23.5. The Morgan fingerprint density at radius 1 is 0.939 bits per heavy atom. The quantitative estimate of drug-likeness (QED) is 0.711. The van der Waals surface area contributed by atoms with Gasteiger partial charge in [-0.05, 0) is 55.9 Å². The van der Waals surface area contributed by atoms with Crippen LogP contribution in [-0.2, 0) is 17.9 Å². The Morgan fingerprint density at radius 3 is 2.30 bits per heavy atom. The summed E-state index contributed by atoms with van der Waals surface area (Å²) in [5, 5.41) is 12.7. The molecule has 0 aromatic heterocycles. The summed E-state index contributed by atoms with van der Waals surface area (Å²) in [6.07, 6.45) is 3.20. The molecule has 6 nitrogen and oxygen atoms in total. The molecule has 2 aliphatic heterocycles. The first-order chi connectivity index (χ1) is 16.0. The molecule has 6 heteroatoms. The second kappa shape index (κ2) is 10.9. The molecule has 2 heterocycles. The molecule has 0 bridgehead atoms. The number of carbonyl (C=O) groups excluding carboxylic acids is 2. The Hall–Kier alpha value is -2.70. The van der Waals surface area contributed by atoms with Crippen molar-refractivity contribution in [2.24, 2.45) is 5.92 Å². The third-order valence-electron chi connectivity index (χ3n) is 6.83. The van der Waals surface area contributed by atoms with Gasteiger partial charge >= 0.3 is 0 Å². The van der Waals surface area contributed by atoms with Gasteiger partial charge in [0, 0.05) is 44.8 Å². The van der Waals surface area contributed by atoms with E-state index < -0.39 is 0 Å². The van der Waals surface area contributed by atoms with Gasteiger partial charge in [0.2, 0.25) is 5.91 Å². The zero-order valence-electron chi connectivity index (χ0n) is 19.5. The molecule has 2 saturated heterocycles. The number of carbonyl (C=O) groups is 2. The summed E-state index contributed by atoms with van der Waals surface area (Å²) in [6.45, 7) is 6.44. The van der Waals surface area contributed by atoms with E-state index in [0.29, 0.717) is 25.2 Å². The van der Waals surface area contributed by atoms with Crippen molar-refractivity contribution in [2.45, 2.75) is 51.8 Å². The highest BCUT2D eigenvalue weighted by Gasteiger charge is 2.28. The van der Waals surface area contributed by atoms with Gasteiger partial charge in [-0.25, -0.2) is 0 Å². The number of hydrogen-bond acceptors (Lipinski definition) is 4. The lowest BCUT2D eigenvalue weighted by Gasteiger charge is -2.32. The molecular formula is C27H35N3O3. The second-order valence-corrected chi connectivity index (χ2v) is 9.50. The van der Waals surface area contributed by atoms with Crippen molar-refractivity contribution in [2.75, 3.05) is 26.2 Å². The number of benzene rings is 2. The summed E-state index contributed by atoms with van der Waals surface area (Å²) in [5.41, 5.74) is 4.13. The van der Waals surface area contributed by atoms with Gasteiger partial charge in [-0.3, -0.25) is 14.5 Å². The number of nitrogens with one attached hydrogen (secondary N) is 1. The molecule has 2 fully saturated rings. The summed E-state index contributed by atoms with van der Waals surface area (Å²) in [4.78, 5) is 29.8. The number of hydrogen-bond donors (Lipinski definition) is 2. The van der Waals surface area contributed by atoms with E-state index in [1.807, 2.05) is 36.1 Å². The van der Waals surface area contributed by atoms with Crippen LogP contribution in [0.25, 0.3) is 0 Å². The number of rotatable bonds is 6. The van der Waals surface area contributed by atoms with Crippen molar-refractivity contribution in [3.8, 4) is 0 Å². The summed E-state index contributed by atoms with van der Waals surface area (Å²) in [5.74, 6) is -0.138. The van der Waals surface area contributed by atoms with E-state index in [0.717, 1.165) is 56.4 Å². The average Bonchev–Trinajstić information content (AvgIpc) is 2.85. The fourth-order valence-electron chi connectivity index (χ4n) is 4.69. The normalized spacial score (nSPS) is 19.9. The van der Waals surface area contributed by atoms with E-state index in [-0.39, 0.29) is 23.8 Å². The first-order valence-corrected chi connectivity index (χ1v) is 12.1. The molecule has 4 rings (SSSR count). The van der Waals surface area contributed by atoms with Crippen LogP contribution in [0, 0.1) is 12.8 Å². The van der Waals surface area contributed by atoms with Crippen LogP contribution in [0.2, 0.25) is 0 Å². The van der Waals surface area contributed by atoms with Gasteiger partial charge in [0.1, 0.15) is 0 Å². The first-order valence-electron chi connectivity index (χ1n) is 12.1. The molecule has 0 radical (unpaired) electrons. The van der Waals surface area contributed by atoms with Crippen LogP contribution in [0.1, 0.15) is 52.7 Å². The molecule has 2 amide bonds. The highest BCUT2D eigenvalue weighted by Crippen LogP contribution is 2.20. The molecule has 1 unspecified atom stereocenters. The average molecular weight is 450 g/mol. The highest BCUT2D eigenvalue weighted by atomic mass is 16.3. The monoisotopic (exact) mass is 449 g/mol. The van der Waals surface area contributed by atoms with Crippen LogP contribution in [-0.4, -0.2) is 59.0 Å². The molecule has 0 aliphatic carbocycles. The van der Waals surface area contributed by atoms with Gasteiger partial charge in [0.15, 0.2) is 0 Å². The van der Waals surface area contributed by atoms with Crippen LogP contribution < -0.4 is 5.32 Å². The standard InChI is InChI=1S/C27H35N3O3/c1-20-4-10-23(11-5-20)27(33)30-14-2-3-24(19-30)26(32)28-17-21-6-8-22(9-7-21)18-29-15-12-25(31)13-16-29/h4-11,24-25,31H,2-3,12-19H2,1H3,(H,28,32). The predicted molar refractivity (Wildman–Crippen MR) is 129 cm³/mol. The molecule has 0 spiro atoms. The van der Waals surface area contributed by atoms with Crippen molar-refractivity contribution < 1.29 is 14.7 Å². The van der Waals surface area contributed by atoms with E-state index in [4.69, 9.17) is 0 Å². The van der Waals surface area contributed by atoms with Crippen molar-refractivity contribution >= 4 is 11.8 Å².